The molecule has 0 aliphatic carbocycles. The van der Waals surface area contributed by atoms with Crippen molar-refractivity contribution in [1.29, 1.82) is 0 Å². The van der Waals surface area contributed by atoms with Gasteiger partial charge in [0.15, 0.2) is 11.6 Å². The van der Waals surface area contributed by atoms with Gasteiger partial charge in [-0.3, -0.25) is 0 Å². The Kier molecular flexibility index (Phi) is 3.49. The van der Waals surface area contributed by atoms with Crippen LogP contribution in [-0.4, -0.2) is 5.16 Å². The van der Waals surface area contributed by atoms with Gasteiger partial charge in [0, 0.05) is 15.6 Å². The van der Waals surface area contributed by atoms with Crippen molar-refractivity contribution in [3.8, 4) is 11.3 Å². The summed E-state index contributed by atoms with van der Waals surface area (Å²) in [5, 5.41) is 6.26. The third kappa shape index (κ3) is 2.31. The number of benzene rings is 2. The van der Waals surface area contributed by atoms with Crippen LogP contribution in [0, 0.1) is 0 Å². The maximum Gasteiger partial charge on any atom is 0.172 e. The second kappa shape index (κ2) is 5.29. The molecule has 2 aromatic carbocycles. The van der Waals surface area contributed by atoms with Crippen LogP contribution in [0.4, 0.5) is 5.82 Å². The lowest BCUT2D eigenvalue weighted by molar-refractivity contribution is 0.435. The van der Waals surface area contributed by atoms with Gasteiger partial charge in [0.05, 0.1) is 0 Å². The lowest BCUT2D eigenvalue weighted by Gasteiger charge is -2.04. The van der Waals surface area contributed by atoms with Gasteiger partial charge in [0.1, 0.15) is 0 Å². The number of nitrogens with two attached hydrogens (primary N) is 1. The van der Waals surface area contributed by atoms with Gasteiger partial charge in [-0.25, -0.2) is 0 Å². The van der Waals surface area contributed by atoms with Crippen LogP contribution in [-0.2, 0) is 6.42 Å². The van der Waals surface area contributed by atoms with Gasteiger partial charge in [-0.15, -0.1) is 0 Å². The van der Waals surface area contributed by atoms with Crippen molar-refractivity contribution >= 4 is 32.5 Å². The van der Waals surface area contributed by atoms with Crippen LogP contribution >= 0.6 is 15.9 Å². The Morgan fingerprint density at radius 1 is 1.15 bits per heavy atom. The molecule has 0 bridgehead atoms. The maximum atomic E-state index is 5.89. The first-order valence-electron chi connectivity index (χ1n) is 6.62. The number of nitrogen functional groups attached to an aromatic ring is 1. The Hall–Kier alpha value is -1.81. The highest BCUT2D eigenvalue weighted by molar-refractivity contribution is 9.10. The van der Waals surface area contributed by atoms with Crippen molar-refractivity contribution < 1.29 is 4.52 Å². The third-order valence-electron chi connectivity index (χ3n) is 3.38. The lowest BCUT2D eigenvalue weighted by Crippen LogP contribution is -1.92. The van der Waals surface area contributed by atoms with Gasteiger partial charge in [-0.05, 0) is 35.4 Å². The number of hydrogen-bond donors (Lipinski definition) is 1. The molecule has 0 atom stereocenters. The average molecular weight is 331 g/mol. The lowest BCUT2D eigenvalue weighted by atomic mass is 10.0. The van der Waals surface area contributed by atoms with Crippen molar-refractivity contribution in [2.45, 2.75) is 19.8 Å². The van der Waals surface area contributed by atoms with Crippen LogP contribution in [0.2, 0.25) is 0 Å². The largest absolute Gasteiger partial charge is 0.381 e. The van der Waals surface area contributed by atoms with Gasteiger partial charge < -0.3 is 10.3 Å². The molecule has 1 heterocycles. The summed E-state index contributed by atoms with van der Waals surface area (Å²) in [4.78, 5) is 0. The molecule has 0 unspecified atom stereocenters. The van der Waals surface area contributed by atoms with Crippen LogP contribution in [0.15, 0.2) is 45.4 Å². The summed E-state index contributed by atoms with van der Waals surface area (Å²) in [5.74, 6) is 1.28. The predicted molar refractivity (Wildman–Crippen MR) is 85.6 cm³/mol. The Bertz CT molecular complexity index is 764. The molecule has 0 fully saturated rings. The van der Waals surface area contributed by atoms with E-state index in [0.717, 1.165) is 34.2 Å². The first kappa shape index (κ1) is 13.2. The zero-order valence-electron chi connectivity index (χ0n) is 11.2. The quantitative estimate of drug-likeness (QED) is 0.750. The van der Waals surface area contributed by atoms with Gasteiger partial charge in [0.25, 0.3) is 0 Å². The molecule has 1 aromatic heterocycles. The van der Waals surface area contributed by atoms with E-state index in [1.165, 1.54) is 10.8 Å². The van der Waals surface area contributed by atoms with E-state index in [1.807, 2.05) is 12.1 Å². The minimum absolute atomic E-state index is 0.498. The Labute approximate surface area is 125 Å². The van der Waals surface area contributed by atoms with Crippen LogP contribution in [0.3, 0.4) is 0 Å². The van der Waals surface area contributed by atoms with Crippen LogP contribution in [0.25, 0.3) is 22.1 Å². The average Bonchev–Trinajstić information content (AvgIpc) is 2.80. The van der Waals surface area contributed by atoms with E-state index in [0.29, 0.717) is 5.82 Å². The molecule has 0 aliphatic rings. The molecule has 0 aliphatic heterocycles. The topological polar surface area (TPSA) is 52.0 Å². The predicted octanol–water partition coefficient (Wildman–Crippen LogP) is 4.79. The van der Waals surface area contributed by atoms with E-state index in [4.69, 9.17) is 10.3 Å². The highest BCUT2D eigenvalue weighted by atomic mass is 79.9. The summed E-state index contributed by atoms with van der Waals surface area (Å²) in [7, 11) is 0. The Balaban J connectivity index is 2.12. The van der Waals surface area contributed by atoms with E-state index in [2.05, 4.69) is 52.3 Å². The summed E-state index contributed by atoms with van der Waals surface area (Å²) in [6.07, 6.45) is 1.89. The molecule has 3 rings (SSSR count). The van der Waals surface area contributed by atoms with Crippen LogP contribution in [0.5, 0.6) is 0 Å². The second-order valence-corrected chi connectivity index (χ2v) is 5.75. The summed E-state index contributed by atoms with van der Waals surface area (Å²) in [5.41, 5.74) is 7.91. The summed E-state index contributed by atoms with van der Waals surface area (Å²) >= 11 is 3.49. The molecule has 0 saturated heterocycles. The highest BCUT2D eigenvalue weighted by Crippen LogP contribution is 2.31. The summed E-state index contributed by atoms with van der Waals surface area (Å²) in [6.45, 7) is 2.12. The van der Waals surface area contributed by atoms with E-state index < -0.39 is 0 Å². The fourth-order valence-electron chi connectivity index (χ4n) is 2.40. The van der Waals surface area contributed by atoms with E-state index in [1.54, 1.807) is 0 Å². The molecule has 4 heteroatoms. The molecule has 0 amide bonds. The zero-order chi connectivity index (χ0) is 14.1. The van der Waals surface area contributed by atoms with Gasteiger partial charge >= 0.3 is 0 Å². The van der Waals surface area contributed by atoms with Crippen molar-refractivity contribution in [1.82, 2.24) is 5.16 Å². The van der Waals surface area contributed by atoms with Crippen LogP contribution in [0.1, 0.15) is 18.9 Å². The number of nitrogens with zero attached hydrogens (tertiary/aromatic N) is 1. The van der Waals surface area contributed by atoms with Gasteiger partial charge in [0.2, 0.25) is 0 Å². The van der Waals surface area contributed by atoms with E-state index >= 15 is 0 Å². The number of halogens is 1. The molecule has 102 valence electrons. The fraction of sp³-hybridized carbons (Fsp3) is 0.188. The third-order valence-corrected chi connectivity index (χ3v) is 3.88. The van der Waals surface area contributed by atoms with Crippen molar-refractivity contribution in [3.05, 3.63) is 46.4 Å². The fourth-order valence-corrected chi connectivity index (χ4v) is 2.78. The molecule has 3 nitrogen and oxygen atoms in total. The minimum atomic E-state index is 0.498. The number of fused-ring (bicyclic) bond motifs is 1. The smallest absolute Gasteiger partial charge is 0.172 e. The van der Waals surface area contributed by atoms with Crippen LogP contribution < -0.4 is 5.73 Å². The highest BCUT2D eigenvalue weighted by Gasteiger charge is 2.15. The SMILES string of the molecule is CCCc1c(N)noc1-c1ccc2cc(Br)ccc2c1. The number of hydrogen-bond acceptors (Lipinski definition) is 3. The van der Waals surface area contributed by atoms with E-state index in [-0.39, 0.29) is 0 Å². The van der Waals surface area contributed by atoms with Gasteiger partial charge in [-0.1, -0.05) is 52.6 Å². The van der Waals surface area contributed by atoms with E-state index in [9.17, 15) is 0 Å². The summed E-state index contributed by atoms with van der Waals surface area (Å²) in [6, 6.07) is 12.5. The van der Waals surface area contributed by atoms with Gasteiger partial charge in [-0.2, -0.15) is 0 Å². The first-order chi connectivity index (χ1) is 9.69. The van der Waals surface area contributed by atoms with Crippen molar-refractivity contribution in [2.75, 3.05) is 5.73 Å². The van der Waals surface area contributed by atoms with Crippen molar-refractivity contribution in [3.63, 3.8) is 0 Å². The maximum absolute atomic E-state index is 5.89. The molecule has 0 radical (unpaired) electrons. The number of aromatic nitrogens is 1. The zero-order valence-corrected chi connectivity index (χ0v) is 12.8. The number of rotatable bonds is 3. The molecular weight excluding hydrogens is 316 g/mol. The van der Waals surface area contributed by atoms with Crippen molar-refractivity contribution in [2.24, 2.45) is 0 Å². The Morgan fingerprint density at radius 3 is 2.70 bits per heavy atom. The Morgan fingerprint density at radius 2 is 1.90 bits per heavy atom. The minimum Gasteiger partial charge on any atom is -0.381 e. The molecule has 0 spiro atoms. The monoisotopic (exact) mass is 330 g/mol. The normalized spacial score (nSPS) is 11.1. The number of anilines is 1. The molecule has 3 aromatic rings. The first-order valence-corrected chi connectivity index (χ1v) is 7.42. The summed E-state index contributed by atoms with van der Waals surface area (Å²) < 4.78 is 6.50. The second-order valence-electron chi connectivity index (χ2n) is 4.83. The molecule has 2 N–H and O–H groups in total. The molecular formula is C16H15BrN2O. The standard InChI is InChI=1S/C16H15BrN2O/c1-2-3-14-15(20-19-16(14)18)12-5-4-11-9-13(17)7-6-10(11)8-12/h4-9H,2-3H2,1H3,(H2,18,19). The molecule has 0 saturated carbocycles. The molecule has 20 heavy (non-hydrogen) atoms.